The first-order valence-corrected chi connectivity index (χ1v) is 12.3. The Morgan fingerprint density at radius 2 is 1.81 bits per heavy atom. The minimum atomic E-state index is -4.55. The lowest BCUT2D eigenvalue weighted by Crippen LogP contribution is -2.09. The molecule has 0 spiro atoms. The number of esters is 1. The van der Waals surface area contributed by atoms with Crippen LogP contribution in [0.4, 0.5) is 13.2 Å². The maximum Gasteiger partial charge on any atom is 0.419 e. The van der Waals surface area contributed by atoms with Crippen molar-refractivity contribution < 1.29 is 36.9 Å². The first kappa shape index (κ1) is 26.6. The van der Waals surface area contributed by atoms with Gasteiger partial charge in [0, 0.05) is 23.2 Å². The Kier molecular flexibility index (Phi) is 8.09. The number of thiophene rings is 1. The lowest BCUT2D eigenvalue weighted by atomic mass is 10.1. The predicted molar refractivity (Wildman–Crippen MR) is 134 cm³/mol. The zero-order chi connectivity index (χ0) is 26.6. The molecule has 11 heteroatoms. The minimum absolute atomic E-state index is 0.0798. The molecule has 4 aromatic rings. The van der Waals surface area contributed by atoms with Gasteiger partial charge in [0.1, 0.15) is 35.6 Å². The fraction of sp³-hybridized carbons (Fsp3) is 0.231. The number of rotatable bonds is 9. The maximum absolute atomic E-state index is 13.3. The van der Waals surface area contributed by atoms with Crippen LogP contribution in [0.15, 0.2) is 54.0 Å². The zero-order valence-corrected chi connectivity index (χ0v) is 21.3. The molecule has 0 saturated carbocycles. The summed E-state index contributed by atoms with van der Waals surface area (Å²) in [6, 6.07) is 10.5. The van der Waals surface area contributed by atoms with Crippen molar-refractivity contribution in [1.82, 2.24) is 4.98 Å². The molecule has 4 rings (SSSR count). The monoisotopic (exact) mass is 551 g/mol. The second-order valence-corrected chi connectivity index (χ2v) is 8.97. The van der Waals surface area contributed by atoms with Crippen LogP contribution < -0.4 is 14.2 Å². The molecule has 37 heavy (non-hydrogen) atoms. The number of hydrogen-bond donors (Lipinski definition) is 0. The van der Waals surface area contributed by atoms with E-state index in [-0.39, 0.29) is 30.7 Å². The Labute approximate surface area is 219 Å². The molecule has 6 nitrogen and oxygen atoms in total. The molecule has 0 atom stereocenters. The van der Waals surface area contributed by atoms with Crippen molar-refractivity contribution >= 4 is 39.0 Å². The summed E-state index contributed by atoms with van der Waals surface area (Å²) in [6.45, 7) is 2.03. The number of hydrogen-bond acceptors (Lipinski definition) is 7. The number of alkyl halides is 3. The highest BCUT2D eigenvalue weighted by Crippen LogP contribution is 2.37. The van der Waals surface area contributed by atoms with Gasteiger partial charge in [-0.3, -0.25) is 0 Å². The van der Waals surface area contributed by atoms with Crippen molar-refractivity contribution in [3.8, 4) is 17.2 Å². The molecule has 194 valence electrons. The Balaban J connectivity index is 1.46. The summed E-state index contributed by atoms with van der Waals surface area (Å²) in [4.78, 5) is 16.4. The Bertz CT molecular complexity index is 1420. The number of nitrogens with zero attached hydrogens (tertiary/aromatic N) is 1. The van der Waals surface area contributed by atoms with Gasteiger partial charge in [0.15, 0.2) is 0 Å². The number of fused-ring (bicyclic) bond motifs is 1. The molecule has 0 bridgehead atoms. The molecule has 0 aliphatic heterocycles. The van der Waals surface area contributed by atoms with Crippen LogP contribution in [-0.2, 0) is 24.1 Å². The lowest BCUT2D eigenvalue weighted by molar-refractivity contribution is -0.138. The van der Waals surface area contributed by atoms with E-state index in [2.05, 4.69) is 4.98 Å². The molecule has 2 heterocycles. The number of aromatic nitrogens is 1. The van der Waals surface area contributed by atoms with Crippen LogP contribution in [0, 0.1) is 0 Å². The third-order valence-electron chi connectivity index (χ3n) is 5.30. The highest BCUT2D eigenvalue weighted by Gasteiger charge is 2.34. The van der Waals surface area contributed by atoms with Gasteiger partial charge in [0.25, 0.3) is 0 Å². The first-order valence-electron chi connectivity index (χ1n) is 11.0. The minimum Gasteiger partial charge on any atom is -0.496 e. The molecular formula is C26H21ClF3NO5S. The number of carbonyl (C=O) groups is 1. The van der Waals surface area contributed by atoms with Crippen LogP contribution in [0.25, 0.3) is 10.1 Å². The number of benzene rings is 2. The smallest absolute Gasteiger partial charge is 0.419 e. The van der Waals surface area contributed by atoms with Gasteiger partial charge in [0.05, 0.1) is 29.5 Å². The normalized spacial score (nSPS) is 11.4. The number of pyridine rings is 1. The van der Waals surface area contributed by atoms with Crippen molar-refractivity contribution in [2.75, 3.05) is 13.7 Å². The second kappa shape index (κ2) is 11.3. The standard InChI is InChI=1S/C26H21ClF3NO5S/c1-3-34-25(32)19-11-31-24(27)22-16(14-37-23(19)22)13-36-18-6-4-5-17(10-18)35-12-15-7-8-21(33-2)20(9-15)26(28,29)30/h4-11,14H,3,12-13H2,1-2H3. The lowest BCUT2D eigenvalue weighted by Gasteiger charge is -2.14. The summed E-state index contributed by atoms with van der Waals surface area (Å²) >= 11 is 7.65. The number of halogens is 4. The third-order valence-corrected chi connectivity index (χ3v) is 6.64. The molecule has 0 fully saturated rings. The Hall–Kier alpha value is -3.50. The van der Waals surface area contributed by atoms with Gasteiger partial charge in [-0.1, -0.05) is 23.7 Å². The van der Waals surface area contributed by atoms with Crippen LogP contribution in [0.5, 0.6) is 17.2 Å². The van der Waals surface area contributed by atoms with Crippen molar-refractivity contribution in [3.05, 3.63) is 81.4 Å². The summed E-state index contributed by atoms with van der Waals surface area (Å²) in [5.41, 5.74) is 0.548. The Morgan fingerprint density at radius 1 is 1.08 bits per heavy atom. The fourth-order valence-corrected chi connectivity index (χ4v) is 4.95. The highest BCUT2D eigenvalue weighted by atomic mass is 35.5. The highest BCUT2D eigenvalue weighted by molar-refractivity contribution is 7.17. The number of methoxy groups -OCH3 is 1. The summed E-state index contributed by atoms with van der Waals surface area (Å²) < 4.78 is 62.0. The van der Waals surface area contributed by atoms with Gasteiger partial charge >= 0.3 is 12.1 Å². The quantitative estimate of drug-likeness (QED) is 0.160. The van der Waals surface area contributed by atoms with Crippen molar-refractivity contribution in [2.45, 2.75) is 26.3 Å². The van der Waals surface area contributed by atoms with E-state index in [4.69, 9.17) is 30.5 Å². The van der Waals surface area contributed by atoms with E-state index in [1.165, 1.54) is 36.8 Å². The summed E-state index contributed by atoms with van der Waals surface area (Å²) in [5, 5.41) is 2.70. The van der Waals surface area contributed by atoms with Crippen molar-refractivity contribution in [1.29, 1.82) is 0 Å². The summed E-state index contributed by atoms with van der Waals surface area (Å²) in [5.74, 6) is 0.168. The van der Waals surface area contributed by atoms with Gasteiger partial charge in [-0.15, -0.1) is 11.3 Å². The van der Waals surface area contributed by atoms with Gasteiger partial charge in [-0.2, -0.15) is 13.2 Å². The summed E-state index contributed by atoms with van der Waals surface area (Å²) in [6.07, 6.45) is -3.15. The van der Waals surface area contributed by atoms with Crippen LogP contribution in [0.1, 0.15) is 34.0 Å². The third kappa shape index (κ3) is 6.08. The summed E-state index contributed by atoms with van der Waals surface area (Å²) in [7, 11) is 1.19. The van der Waals surface area contributed by atoms with Crippen LogP contribution in [0.3, 0.4) is 0 Å². The van der Waals surface area contributed by atoms with Gasteiger partial charge < -0.3 is 18.9 Å². The van der Waals surface area contributed by atoms with E-state index in [1.807, 2.05) is 5.38 Å². The largest absolute Gasteiger partial charge is 0.496 e. The molecule has 0 unspecified atom stereocenters. The first-order chi connectivity index (χ1) is 17.7. The van der Waals surface area contributed by atoms with E-state index in [0.717, 1.165) is 11.6 Å². The fourth-order valence-electron chi connectivity index (χ4n) is 3.57. The molecule has 0 aliphatic carbocycles. The average Bonchev–Trinajstić information content (AvgIpc) is 3.31. The molecule has 2 aromatic heterocycles. The van der Waals surface area contributed by atoms with E-state index in [1.54, 1.807) is 31.2 Å². The molecule has 2 aromatic carbocycles. The molecule has 0 N–H and O–H groups in total. The molecule has 0 radical (unpaired) electrons. The van der Waals surface area contributed by atoms with E-state index >= 15 is 0 Å². The van der Waals surface area contributed by atoms with E-state index < -0.39 is 17.7 Å². The maximum atomic E-state index is 13.3. The molecule has 0 aliphatic rings. The number of carbonyl (C=O) groups excluding carboxylic acids is 1. The van der Waals surface area contributed by atoms with Crippen LogP contribution >= 0.6 is 22.9 Å². The predicted octanol–water partition coefficient (Wildman–Crippen LogP) is 7.31. The Morgan fingerprint density at radius 3 is 2.49 bits per heavy atom. The van der Waals surface area contributed by atoms with Crippen molar-refractivity contribution in [2.24, 2.45) is 0 Å². The second-order valence-electron chi connectivity index (χ2n) is 7.73. The topological polar surface area (TPSA) is 66.9 Å². The van der Waals surface area contributed by atoms with Gasteiger partial charge in [-0.25, -0.2) is 9.78 Å². The zero-order valence-electron chi connectivity index (χ0n) is 19.7. The molecule has 0 saturated heterocycles. The number of ether oxygens (including phenoxy) is 4. The van der Waals surface area contributed by atoms with Crippen molar-refractivity contribution in [3.63, 3.8) is 0 Å². The van der Waals surface area contributed by atoms with Crippen LogP contribution in [-0.4, -0.2) is 24.7 Å². The van der Waals surface area contributed by atoms with Crippen LogP contribution in [0.2, 0.25) is 5.15 Å². The molecular weight excluding hydrogens is 531 g/mol. The van der Waals surface area contributed by atoms with Gasteiger partial charge in [-0.05, 0) is 42.1 Å². The van der Waals surface area contributed by atoms with E-state index in [0.29, 0.717) is 32.7 Å². The van der Waals surface area contributed by atoms with E-state index in [9.17, 15) is 18.0 Å². The SMILES string of the molecule is CCOC(=O)c1cnc(Cl)c2c(COc3cccc(OCc4ccc(OC)c(C(F)(F)F)c4)c3)csc12. The average molecular weight is 552 g/mol. The molecule has 0 amide bonds. The van der Waals surface area contributed by atoms with Gasteiger partial charge in [0.2, 0.25) is 0 Å².